The summed E-state index contributed by atoms with van der Waals surface area (Å²) in [5, 5.41) is 10.9. The van der Waals surface area contributed by atoms with Gasteiger partial charge in [-0.3, -0.25) is 9.69 Å². The Hall–Kier alpha value is -1.39. The lowest BCUT2D eigenvalue weighted by atomic mass is 9.79. The fraction of sp³-hybridized carbons (Fsp3) is 0.611. The van der Waals surface area contributed by atoms with Gasteiger partial charge in [-0.05, 0) is 44.1 Å². The van der Waals surface area contributed by atoms with Crippen LogP contribution in [0.4, 0.5) is 0 Å². The van der Waals surface area contributed by atoms with Crippen LogP contribution in [0.25, 0.3) is 0 Å². The molecule has 1 aliphatic carbocycles. The molecule has 1 saturated carbocycles. The van der Waals surface area contributed by atoms with Gasteiger partial charge in [-0.1, -0.05) is 37.3 Å². The molecule has 1 aromatic rings. The van der Waals surface area contributed by atoms with Crippen LogP contribution in [0.3, 0.4) is 0 Å². The van der Waals surface area contributed by atoms with E-state index >= 15 is 0 Å². The van der Waals surface area contributed by atoms with Gasteiger partial charge in [0.15, 0.2) is 0 Å². The number of hydrogen-bond acceptors (Lipinski definition) is 3. The van der Waals surface area contributed by atoms with E-state index in [1.165, 1.54) is 0 Å². The normalized spacial score (nSPS) is 26.8. The number of benzene rings is 1. The summed E-state index contributed by atoms with van der Waals surface area (Å²) in [5.41, 5.74) is 5.85. The Morgan fingerprint density at radius 2 is 1.95 bits per heavy atom. The van der Waals surface area contributed by atoms with E-state index in [1.807, 2.05) is 35.2 Å². The molecular formula is C18H28N2O2. The SMILES string of the molecule is CC1CCC(O)(CN(CC(N)=O)[C@H](C)c2ccccc2)CC1. The molecule has 122 valence electrons. The third-order valence-electron chi connectivity index (χ3n) is 4.89. The molecule has 0 bridgehead atoms. The summed E-state index contributed by atoms with van der Waals surface area (Å²) in [4.78, 5) is 13.5. The van der Waals surface area contributed by atoms with Gasteiger partial charge < -0.3 is 10.8 Å². The Bertz CT molecular complexity index is 481. The fourth-order valence-electron chi connectivity index (χ4n) is 3.31. The molecule has 0 unspecified atom stereocenters. The molecule has 4 heteroatoms. The molecule has 1 aliphatic rings. The predicted molar refractivity (Wildman–Crippen MR) is 88.2 cm³/mol. The van der Waals surface area contributed by atoms with Crippen molar-refractivity contribution >= 4 is 5.91 Å². The van der Waals surface area contributed by atoms with E-state index in [4.69, 9.17) is 5.73 Å². The lowest BCUT2D eigenvalue weighted by molar-refractivity contribution is -0.121. The van der Waals surface area contributed by atoms with Gasteiger partial charge in [0.05, 0.1) is 12.1 Å². The van der Waals surface area contributed by atoms with Crippen LogP contribution in [-0.2, 0) is 4.79 Å². The highest BCUT2D eigenvalue weighted by Crippen LogP contribution is 2.34. The summed E-state index contributed by atoms with van der Waals surface area (Å²) in [6, 6.07) is 10.1. The molecule has 0 heterocycles. The molecule has 0 saturated heterocycles. The second-order valence-electron chi connectivity index (χ2n) is 6.86. The van der Waals surface area contributed by atoms with E-state index in [-0.39, 0.29) is 18.5 Å². The van der Waals surface area contributed by atoms with Gasteiger partial charge >= 0.3 is 0 Å². The van der Waals surface area contributed by atoms with E-state index in [0.717, 1.165) is 31.2 Å². The van der Waals surface area contributed by atoms with Crippen LogP contribution in [0, 0.1) is 5.92 Å². The van der Waals surface area contributed by atoms with Crippen molar-refractivity contribution in [3.63, 3.8) is 0 Å². The topological polar surface area (TPSA) is 66.6 Å². The number of nitrogens with two attached hydrogens (primary N) is 1. The molecule has 1 atom stereocenters. The molecule has 0 aliphatic heterocycles. The highest BCUT2D eigenvalue weighted by molar-refractivity contribution is 5.76. The molecule has 4 nitrogen and oxygen atoms in total. The van der Waals surface area contributed by atoms with Gasteiger partial charge in [0, 0.05) is 12.6 Å². The maximum absolute atomic E-state index is 11.4. The molecule has 1 amide bonds. The average molecular weight is 304 g/mol. The van der Waals surface area contributed by atoms with Crippen LogP contribution in [0.15, 0.2) is 30.3 Å². The van der Waals surface area contributed by atoms with Crippen molar-refractivity contribution in [2.75, 3.05) is 13.1 Å². The largest absolute Gasteiger partial charge is 0.389 e. The molecule has 1 fully saturated rings. The first-order valence-electron chi connectivity index (χ1n) is 8.19. The molecule has 0 spiro atoms. The molecule has 3 N–H and O–H groups in total. The minimum atomic E-state index is -0.703. The van der Waals surface area contributed by atoms with Gasteiger partial charge in [-0.15, -0.1) is 0 Å². The summed E-state index contributed by atoms with van der Waals surface area (Å²) in [5.74, 6) is 0.326. The molecule has 22 heavy (non-hydrogen) atoms. The van der Waals surface area contributed by atoms with Crippen molar-refractivity contribution in [2.45, 2.75) is 51.2 Å². The minimum Gasteiger partial charge on any atom is -0.389 e. The lowest BCUT2D eigenvalue weighted by Crippen LogP contribution is -2.48. The summed E-state index contributed by atoms with van der Waals surface area (Å²) in [6.45, 7) is 4.97. The standard InChI is InChI=1S/C18H28N2O2/c1-14-8-10-18(22,11-9-14)13-20(12-17(19)21)15(2)16-6-4-3-5-7-16/h3-7,14-15,22H,8-13H2,1-2H3,(H2,19,21)/t14?,15-,18?/m1/s1. The second kappa shape index (κ2) is 7.25. The number of primary amides is 1. The van der Waals surface area contributed by atoms with E-state index in [1.54, 1.807) is 0 Å². The van der Waals surface area contributed by atoms with Crippen molar-refractivity contribution in [1.82, 2.24) is 4.90 Å². The maximum atomic E-state index is 11.4. The summed E-state index contributed by atoms with van der Waals surface area (Å²) in [7, 11) is 0. The quantitative estimate of drug-likeness (QED) is 0.848. The molecular weight excluding hydrogens is 276 g/mol. The first-order valence-corrected chi connectivity index (χ1v) is 8.19. The summed E-state index contributed by atoms with van der Waals surface area (Å²) >= 11 is 0. The van der Waals surface area contributed by atoms with Gasteiger partial charge in [-0.2, -0.15) is 0 Å². The number of nitrogens with zero attached hydrogens (tertiary/aromatic N) is 1. The van der Waals surface area contributed by atoms with E-state index < -0.39 is 5.60 Å². The zero-order valence-corrected chi connectivity index (χ0v) is 13.7. The monoisotopic (exact) mass is 304 g/mol. The Morgan fingerprint density at radius 3 is 2.50 bits per heavy atom. The fourth-order valence-corrected chi connectivity index (χ4v) is 3.31. The average Bonchev–Trinajstić information content (AvgIpc) is 2.50. The number of rotatable bonds is 6. The summed E-state index contributed by atoms with van der Waals surface area (Å²) in [6.07, 6.45) is 3.68. The van der Waals surface area contributed by atoms with Crippen molar-refractivity contribution < 1.29 is 9.90 Å². The zero-order chi connectivity index (χ0) is 16.2. The second-order valence-corrected chi connectivity index (χ2v) is 6.86. The van der Waals surface area contributed by atoms with E-state index in [9.17, 15) is 9.90 Å². The smallest absolute Gasteiger partial charge is 0.231 e. The Kier molecular flexibility index (Phi) is 5.59. The van der Waals surface area contributed by atoms with Crippen molar-refractivity contribution in [3.05, 3.63) is 35.9 Å². The van der Waals surface area contributed by atoms with Crippen LogP contribution in [0.2, 0.25) is 0 Å². The number of hydrogen-bond donors (Lipinski definition) is 2. The third kappa shape index (κ3) is 4.55. The minimum absolute atomic E-state index is 0.0528. The van der Waals surface area contributed by atoms with Crippen LogP contribution in [0.1, 0.15) is 51.1 Å². The van der Waals surface area contributed by atoms with Crippen LogP contribution >= 0.6 is 0 Å². The van der Waals surface area contributed by atoms with Gasteiger partial charge in [0.2, 0.25) is 5.91 Å². The molecule has 1 aromatic carbocycles. The number of carbonyl (C=O) groups is 1. The van der Waals surface area contributed by atoms with Gasteiger partial charge in [-0.25, -0.2) is 0 Å². The van der Waals surface area contributed by atoms with Crippen molar-refractivity contribution in [2.24, 2.45) is 11.7 Å². The van der Waals surface area contributed by atoms with Gasteiger partial charge in [0.1, 0.15) is 0 Å². The van der Waals surface area contributed by atoms with Crippen LogP contribution in [-0.4, -0.2) is 34.6 Å². The zero-order valence-electron chi connectivity index (χ0n) is 13.7. The third-order valence-corrected chi connectivity index (χ3v) is 4.89. The molecule has 0 radical (unpaired) electrons. The van der Waals surface area contributed by atoms with Crippen molar-refractivity contribution in [3.8, 4) is 0 Å². The highest BCUT2D eigenvalue weighted by Gasteiger charge is 2.35. The first kappa shape index (κ1) is 17.0. The molecule has 2 rings (SSSR count). The van der Waals surface area contributed by atoms with E-state index in [2.05, 4.69) is 13.8 Å². The lowest BCUT2D eigenvalue weighted by Gasteiger charge is -2.40. The number of carbonyl (C=O) groups excluding carboxylic acids is 1. The Balaban J connectivity index is 2.10. The van der Waals surface area contributed by atoms with E-state index in [0.29, 0.717) is 12.5 Å². The highest BCUT2D eigenvalue weighted by atomic mass is 16.3. The Morgan fingerprint density at radius 1 is 1.36 bits per heavy atom. The van der Waals surface area contributed by atoms with Crippen LogP contribution < -0.4 is 5.73 Å². The number of amides is 1. The maximum Gasteiger partial charge on any atom is 0.231 e. The van der Waals surface area contributed by atoms with Crippen LogP contribution in [0.5, 0.6) is 0 Å². The Labute approximate surface area is 133 Å². The first-order chi connectivity index (χ1) is 10.4. The van der Waals surface area contributed by atoms with Gasteiger partial charge in [0.25, 0.3) is 0 Å². The molecule has 0 aromatic heterocycles. The predicted octanol–water partition coefficient (Wildman–Crippen LogP) is 2.48. The van der Waals surface area contributed by atoms with Crippen molar-refractivity contribution in [1.29, 1.82) is 0 Å². The number of aliphatic hydroxyl groups is 1. The summed E-state index contributed by atoms with van der Waals surface area (Å²) < 4.78 is 0.